The van der Waals surface area contributed by atoms with Gasteiger partial charge in [-0.05, 0) is 68.9 Å². The molecular weight excluding hydrogens is 412 g/mol. The van der Waals surface area contributed by atoms with Gasteiger partial charge >= 0.3 is 0 Å². The van der Waals surface area contributed by atoms with Crippen molar-refractivity contribution in [1.82, 2.24) is 9.47 Å². The number of Topliss-reactive ketones (excluding diaryl/α,β-unsaturated/α-hetero) is 1. The zero-order chi connectivity index (χ0) is 22.6. The largest absolute Gasteiger partial charge is 0.391 e. The van der Waals surface area contributed by atoms with E-state index in [-0.39, 0.29) is 49.3 Å². The van der Waals surface area contributed by atoms with Gasteiger partial charge in [0.15, 0.2) is 5.78 Å². The molecular formula is C25H27F2N3O2. The molecule has 3 atom stereocenters. The van der Waals surface area contributed by atoms with E-state index in [1.807, 2.05) is 29.7 Å². The molecule has 5 nitrogen and oxygen atoms in total. The Labute approximate surface area is 186 Å². The van der Waals surface area contributed by atoms with E-state index in [2.05, 4.69) is 11.0 Å². The second-order valence-corrected chi connectivity index (χ2v) is 9.66. The quantitative estimate of drug-likeness (QED) is 0.690. The summed E-state index contributed by atoms with van der Waals surface area (Å²) in [6, 6.07) is 11.4. The van der Waals surface area contributed by atoms with Crippen LogP contribution in [-0.4, -0.2) is 51.0 Å². The van der Waals surface area contributed by atoms with Crippen molar-refractivity contribution in [2.75, 3.05) is 6.54 Å². The van der Waals surface area contributed by atoms with Crippen LogP contribution >= 0.6 is 0 Å². The first kappa shape index (κ1) is 21.3. The molecule has 0 radical (unpaired) electrons. The van der Waals surface area contributed by atoms with Crippen LogP contribution in [0.1, 0.15) is 59.4 Å². The molecule has 0 amide bonds. The molecule has 32 heavy (non-hydrogen) atoms. The van der Waals surface area contributed by atoms with Crippen molar-refractivity contribution in [2.45, 2.75) is 69.6 Å². The molecule has 5 rings (SSSR count). The number of aliphatic hydroxyl groups is 1. The lowest BCUT2D eigenvalue weighted by Gasteiger charge is -2.35. The van der Waals surface area contributed by atoms with Gasteiger partial charge in [-0.25, -0.2) is 8.78 Å². The Morgan fingerprint density at radius 1 is 1.25 bits per heavy atom. The summed E-state index contributed by atoms with van der Waals surface area (Å²) in [5.74, 6) is -2.69. The van der Waals surface area contributed by atoms with Gasteiger partial charge in [0.2, 0.25) is 5.92 Å². The van der Waals surface area contributed by atoms with Crippen LogP contribution in [0.5, 0.6) is 0 Å². The number of halogens is 2. The molecule has 3 fully saturated rings. The zero-order valence-electron chi connectivity index (χ0n) is 18.1. The van der Waals surface area contributed by atoms with E-state index in [9.17, 15) is 18.7 Å². The van der Waals surface area contributed by atoms with Crippen LogP contribution in [0.3, 0.4) is 0 Å². The zero-order valence-corrected chi connectivity index (χ0v) is 18.1. The summed E-state index contributed by atoms with van der Waals surface area (Å²) < 4.78 is 28.8. The van der Waals surface area contributed by atoms with Crippen LogP contribution < -0.4 is 0 Å². The van der Waals surface area contributed by atoms with Gasteiger partial charge in [-0.15, -0.1) is 0 Å². The number of hydrogen-bond donors (Lipinski definition) is 1. The number of aromatic nitrogens is 1. The lowest BCUT2D eigenvalue weighted by Crippen LogP contribution is -2.36. The standard InChI is InChI=1S/C25H27F2N3O2/c1-15-21(24(32)14-29-19-6-7-22(29)23(31)10-19)9-20(8-17-11-25(26,27)12-17)30(15)18-4-2-16(13-28)3-5-18/h2-5,9,17,19,22-23,31H,6-8,10-12,14H2,1H3/t19?,22?,23-/m1/s1. The number of alkyl halides is 2. The number of carbonyl (C=O) groups excluding carboxylic acids is 1. The van der Waals surface area contributed by atoms with Crippen molar-refractivity contribution in [3.8, 4) is 11.8 Å². The Kier molecular flexibility index (Phi) is 5.18. The number of benzene rings is 1. The lowest BCUT2D eigenvalue weighted by atomic mass is 9.78. The van der Waals surface area contributed by atoms with E-state index < -0.39 is 5.92 Å². The minimum Gasteiger partial charge on any atom is -0.391 e. The van der Waals surface area contributed by atoms with Gasteiger partial charge in [-0.3, -0.25) is 9.69 Å². The van der Waals surface area contributed by atoms with E-state index in [4.69, 9.17) is 5.26 Å². The molecule has 1 aliphatic carbocycles. The van der Waals surface area contributed by atoms with E-state index in [0.717, 1.165) is 36.3 Å². The molecule has 1 aromatic heterocycles. The molecule has 168 valence electrons. The second kappa shape index (κ2) is 7.79. The third-order valence-electron chi connectivity index (χ3n) is 7.53. The second-order valence-electron chi connectivity index (χ2n) is 9.66. The SMILES string of the molecule is Cc1c(C(=O)CN2C3CCC2[C@H](O)C3)cc(CC2CC(F)(F)C2)n1-c1ccc(C#N)cc1. The van der Waals surface area contributed by atoms with Gasteiger partial charge in [0, 0.05) is 47.6 Å². The fourth-order valence-electron chi connectivity index (χ4n) is 5.94. The molecule has 2 unspecified atom stereocenters. The maximum atomic E-state index is 13.4. The average molecular weight is 440 g/mol. The van der Waals surface area contributed by atoms with Crippen molar-refractivity contribution in [2.24, 2.45) is 5.92 Å². The summed E-state index contributed by atoms with van der Waals surface area (Å²) >= 11 is 0. The maximum Gasteiger partial charge on any atom is 0.248 e. The van der Waals surface area contributed by atoms with E-state index in [1.54, 1.807) is 12.1 Å². The number of nitrogens with zero attached hydrogens (tertiary/aromatic N) is 3. The number of fused-ring (bicyclic) bond motifs is 2. The summed E-state index contributed by atoms with van der Waals surface area (Å²) in [5.41, 5.74) is 3.60. The minimum atomic E-state index is -2.58. The summed E-state index contributed by atoms with van der Waals surface area (Å²) in [6.07, 6.45) is 2.54. The van der Waals surface area contributed by atoms with Gasteiger partial charge in [-0.1, -0.05) is 0 Å². The first-order valence-electron chi connectivity index (χ1n) is 11.3. The summed E-state index contributed by atoms with van der Waals surface area (Å²) in [7, 11) is 0. The Hall–Kier alpha value is -2.56. The number of rotatable bonds is 6. The van der Waals surface area contributed by atoms with Crippen LogP contribution in [0.25, 0.3) is 5.69 Å². The van der Waals surface area contributed by atoms with Gasteiger partial charge < -0.3 is 9.67 Å². The first-order valence-corrected chi connectivity index (χ1v) is 11.3. The molecule has 3 heterocycles. The number of aliphatic hydroxyl groups excluding tert-OH is 1. The third kappa shape index (κ3) is 3.66. The molecule has 1 saturated carbocycles. The van der Waals surface area contributed by atoms with E-state index in [0.29, 0.717) is 17.5 Å². The lowest BCUT2D eigenvalue weighted by molar-refractivity contribution is -0.110. The number of carbonyl (C=O) groups is 1. The smallest absolute Gasteiger partial charge is 0.248 e. The minimum absolute atomic E-state index is 0.00100. The van der Waals surface area contributed by atoms with E-state index in [1.165, 1.54) is 0 Å². The maximum absolute atomic E-state index is 13.4. The highest BCUT2D eigenvalue weighted by Crippen LogP contribution is 2.44. The third-order valence-corrected chi connectivity index (χ3v) is 7.53. The van der Waals surface area contributed by atoms with Gasteiger partial charge in [-0.2, -0.15) is 5.26 Å². The molecule has 7 heteroatoms. The van der Waals surface area contributed by atoms with Gasteiger partial charge in [0.05, 0.1) is 24.3 Å². The van der Waals surface area contributed by atoms with Crippen LogP contribution in [0.15, 0.2) is 30.3 Å². The molecule has 1 aromatic carbocycles. The Morgan fingerprint density at radius 2 is 1.97 bits per heavy atom. The Morgan fingerprint density at radius 3 is 2.53 bits per heavy atom. The number of nitriles is 1. The topological polar surface area (TPSA) is 69.3 Å². The molecule has 1 N–H and O–H groups in total. The summed E-state index contributed by atoms with van der Waals surface area (Å²) in [4.78, 5) is 15.5. The Balaban J connectivity index is 1.45. The molecule has 0 spiro atoms. The van der Waals surface area contributed by atoms with E-state index >= 15 is 0 Å². The van der Waals surface area contributed by atoms with Crippen LogP contribution in [0.4, 0.5) is 8.78 Å². The van der Waals surface area contributed by atoms with Crippen molar-refractivity contribution in [3.05, 3.63) is 52.8 Å². The predicted molar refractivity (Wildman–Crippen MR) is 115 cm³/mol. The fraction of sp³-hybridized carbons (Fsp3) is 0.520. The van der Waals surface area contributed by atoms with Crippen molar-refractivity contribution < 1.29 is 18.7 Å². The highest BCUT2D eigenvalue weighted by molar-refractivity contribution is 5.99. The van der Waals surface area contributed by atoms with Crippen LogP contribution in [0, 0.1) is 24.2 Å². The Bertz CT molecular complexity index is 1080. The first-order chi connectivity index (χ1) is 15.3. The molecule has 3 aliphatic rings. The number of hydrogen-bond acceptors (Lipinski definition) is 4. The number of ketones is 1. The molecule has 2 saturated heterocycles. The average Bonchev–Trinajstić information content (AvgIpc) is 3.36. The summed E-state index contributed by atoms with van der Waals surface area (Å²) in [5, 5.41) is 19.3. The van der Waals surface area contributed by atoms with Crippen molar-refractivity contribution in [3.63, 3.8) is 0 Å². The highest BCUT2D eigenvalue weighted by atomic mass is 19.3. The van der Waals surface area contributed by atoms with Crippen molar-refractivity contribution in [1.29, 1.82) is 5.26 Å². The highest BCUT2D eigenvalue weighted by Gasteiger charge is 2.47. The molecule has 2 aliphatic heterocycles. The van der Waals surface area contributed by atoms with Crippen LogP contribution in [-0.2, 0) is 6.42 Å². The predicted octanol–water partition coefficient (Wildman–Crippen LogP) is 4.03. The van der Waals surface area contributed by atoms with Crippen molar-refractivity contribution >= 4 is 5.78 Å². The van der Waals surface area contributed by atoms with Gasteiger partial charge in [0.25, 0.3) is 0 Å². The monoisotopic (exact) mass is 439 g/mol. The van der Waals surface area contributed by atoms with Gasteiger partial charge in [0.1, 0.15) is 0 Å². The normalized spacial score (nSPS) is 26.8. The molecule has 2 bridgehead atoms. The fourth-order valence-corrected chi connectivity index (χ4v) is 5.94. The van der Waals surface area contributed by atoms with Crippen LogP contribution in [0.2, 0.25) is 0 Å². The summed E-state index contributed by atoms with van der Waals surface area (Å²) in [6.45, 7) is 2.16. The molecule has 2 aromatic rings.